The highest BCUT2D eigenvalue weighted by Crippen LogP contribution is 2.21. The van der Waals surface area contributed by atoms with Gasteiger partial charge in [-0.15, -0.1) is 0 Å². The minimum Gasteiger partial charge on any atom is -0.507 e. The Bertz CT molecular complexity index is 785. The van der Waals surface area contributed by atoms with Gasteiger partial charge in [0.15, 0.2) is 15.6 Å². The summed E-state index contributed by atoms with van der Waals surface area (Å²) >= 11 is 5.67. The smallest absolute Gasteiger partial charge is 0.185 e. The lowest BCUT2D eigenvalue weighted by Gasteiger charge is -2.06. The molecule has 2 rings (SSSR count). The molecular weight excluding hydrogens is 319 g/mol. The van der Waals surface area contributed by atoms with E-state index in [1.54, 1.807) is 0 Å². The van der Waals surface area contributed by atoms with Crippen molar-refractivity contribution in [1.29, 1.82) is 0 Å². The van der Waals surface area contributed by atoms with Gasteiger partial charge in [0.25, 0.3) is 0 Å². The van der Waals surface area contributed by atoms with Crippen LogP contribution in [-0.4, -0.2) is 25.1 Å². The van der Waals surface area contributed by atoms with Gasteiger partial charge in [-0.25, -0.2) is 12.8 Å². The van der Waals surface area contributed by atoms with Crippen molar-refractivity contribution < 1.29 is 22.7 Å². The van der Waals surface area contributed by atoms with E-state index >= 15 is 0 Å². The quantitative estimate of drug-likeness (QED) is 0.876. The summed E-state index contributed by atoms with van der Waals surface area (Å²) in [6.07, 6.45) is 0. The van der Waals surface area contributed by atoms with Crippen LogP contribution >= 0.6 is 11.6 Å². The molecule has 0 bridgehead atoms. The fourth-order valence-corrected chi connectivity index (χ4v) is 3.05. The summed E-state index contributed by atoms with van der Waals surface area (Å²) in [5.41, 5.74) is -0.368. The monoisotopic (exact) mass is 328 g/mol. The number of hydrogen-bond donors (Lipinski definition) is 1. The largest absolute Gasteiger partial charge is 0.507 e. The van der Waals surface area contributed by atoms with Gasteiger partial charge in [0.05, 0.1) is 10.5 Å². The van der Waals surface area contributed by atoms with Crippen molar-refractivity contribution in [2.45, 2.75) is 4.90 Å². The molecule has 0 heterocycles. The third-order valence-electron chi connectivity index (χ3n) is 2.75. The Morgan fingerprint density at radius 3 is 2.38 bits per heavy atom. The molecule has 0 amide bonds. The minimum absolute atomic E-state index is 0.0730. The first kappa shape index (κ1) is 15.5. The first-order valence-electron chi connectivity index (χ1n) is 5.79. The molecule has 7 heteroatoms. The van der Waals surface area contributed by atoms with Crippen LogP contribution in [0.1, 0.15) is 10.4 Å². The minimum atomic E-state index is -3.90. The third kappa shape index (κ3) is 3.59. The number of ketones is 1. The molecule has 0 saturated heterocycles. The molecule has 0 aromatic heterocycles. The lowest BCUT2D eigenvalue weighted by molar-refractivity contribution is 0.101. The Balaban J connectivity index is 2.30. The fourth-order valence-electron chi connectivity index (χ4n) is 1.71. The highest BCUT2D eigenvalue weighted by Gasteiger charge is 2.22. The van der Waals surface area contributed by atoms with Gasteiger partial charge in [-0.3, -0.25) is 4.79 Å². The summed E-state index contributed by atoms with van der Waals surface area (Å²) < 4.78 is 37.2. The van der Waals surface area contributed by atoms with E-state index < -0.39 is 32.9 Å². The van der Waals surface area contributed by atoms with Crippen molar-refractivity contribution in [3.63, 3.8) is 0 Å². The highest BCUT2D eigenvalue weighted by atomic mass is 35.5. The second-order valence-corrected chi connectivity index (χ2v) is 6.72. The predicted molar refractivity (Wildman–Crippen MR) is 75.9 cm³/mol. The molecule has 0 aliphatic carbocycles. The molecule has 4 nitrogen and oxygen atoms in total. The van der Waals surface area contributed by atoms with E-state index in [0.29, 0.717) is 5.02 Å². The number of aromatic hydroxyl groups is 1. The molecule has 0 radical (unpaired) electrons. The fraction of sp³-hybridized carbons (Fsp3) is 0.0714. The Kier molecular flexibility index (Phi) is 4.29. The van der Waals surface area contributed by atoms with Crippen molar-refractivity contribution >= 4 is 27.2 Å². The average molecular weight is 329 g/mol. The van der Waals surface area contributed by atoms with Crippen molar-refractivity contribution in [1.82, 2.24) is 0 Å². The van der Waals surface area contributed by atoms with E-state index in [1.807, 2.05) is 0 Å². The molecule has 0 aliphatic rings. The molecule has 2 aromatic rings. The van der Waals surface area contributed by atoms with Crippen LogP contribution < -0.4 is 0 Å². The van der Waals surface area contributed by atoms with Gasteiger partial charge < -0.3 is 5.11 Å². The van der Waals surface area contributed by atoms with Gasteiger partial charge in [-0.1, -0.05) is 11.6 Å². The van der Waals surface area contributed by atoms with E-state index in [0.717, 1.165) is 18.2 Å². The first-order chi connectivity index (χ1) is 9.79. The number of sulfone groups is 1. The van der Waals surface area contributed by atoms with Gasteiger partial charge in [0, 0.05) is 5.02 Å². The molecule has 0 saturated carbocycles. The van der Waals surface area contributed by atoms with E-state index in [9.17, 15) is 22.7 Å². The van der Waals surface area contributed by atoms with Crippen molar-refractivity contribution in [3.05, 3.63) is 58.9 Å². The molecule has 0 fully saturated rings. The van der Waals surface area contributed by atoms with Crippen LogP contribution in [0.3, 0.4) is 0 Å². The summed E-state index contributed by atoms with van der Waals surface area (Å²) in [4.78, 5) is 11.9. The third-order valence-corrected chi connectivity index (χ3v) is 4.64. The first-order valence-corrected chi connectivity index (χ1v) is 7.83. The number of rotatable bonds is 4. The summed E-state index contributed by atoms with van der Waals surface area (Å²) in [5.74, 6) is -2.96. The Morgan fingerprint density at radius 2 is 1.76 bits per heavy atom. The highest BCUT2D eigenvalue weighted by molar-refractivity contribution is 7.92. The molecular formula is C14H10ClFO4S. The normalized spacial score (nSPS) is 11.3. The van der Waals surface area contributed by atoms with Gasteiger partial charge in [0.2, 0.25) is 0 Å². The molecule has 110 valence electrons. The van der Waals surface area contributed by atoms with Crippen LogP contribution in [0.25, 0.3) is 0 Å². The number of Topliss-reactive ketones (excluding diaryl/α,β-unsaturated/α-hetero) is 1. The SMILES string of the molecule is O=C(CS(=O)(=O)c1ccc(Cl)cc1)c1cc(F)ccc1O. The molecule has 0 unspecified atom stereocenters. The van der Waals surface area contributed by atoms with Crippen molar-refractivity contribution in [2.24, 2.45) is 0 Å². The molecule has 1 N–H and O–H groups in total. The summed E-state index contributed by atoms with van der Waals surface area (Å²) in [7, 11) is -3.90. The average Bonchev–Trinajstić information content (AvgIpc) is 2.41. The van der Waals surface area contributed by atoms with Crippen molar-refractivity contribution in [2.75, 3.05) is 5.75 Å². The zero-order valence-electron chi connectivity index (χ0n) is 10.6. The number of carbonyl (C=O) groups excluding carboxylic acids is 1. The van der Waals surface area contributed by atoms with E-state index in [4.69, 9.17) is 11.6 Å². The van der Waals surface area contributed by atoms with Crippen LogP contribution in [0.2, 0.25) is 5.02 Å². The number of carbonyl (C=O) groups is 1. The van der Waals surface area contributed by atoms with E-state index in [-0.39, 0.29) is 10.5 Å². The van der Waals surface area contributed by atoms with Crippen LogP contribution in [0.15, 0.2) is 47.4 Å². The van der Waals surface area contributed by atoms with Crippen molar-refractivity contribution in [3.8, 4) is 5.75 Å². The van der Waals surface area contributed by atoms with Gasteiger partial charge in [-0.05, 0) is 42.5 Å². The standard InChI is InChI=1S/C14H10ClFO4S/c15-9-1-4-11(5-2-9)21(19,20)8-14(18)12-7-10(16)3-6-13(12)17/h1-7,17H,8H2. The Hall–Kier alpha value is -1.92. The second-order valence-electron chi connectivity index (χ2n) is 4.30. The Labute approximate surface area is 125 Å². The van der Waals surface area contributed by atoms with E-state index in [2.05, 4.69) is 0 Å². The lowest BCUT2D eigenvalue weighted by Crippen LogP contribution is -2.16. The molecule has 0 spiro atoms. The lowest BCUT2D eigenvalue weighted by atomic mass is 10.1. The van der Waals surface area contributed by atoms with Crippen LogP contribution in [0.4, 0.5) is 4.39 Å². The van der Waals surface area contributed by atoms with Gasteiger partial charge in [-0.2, -0.15) is 0 Å². The van der Waals surface area contributed by atoms with Crippen LogP contribution in [-0.2, 0) is 9.84 Å². The van der Waals surface area contributed by atoms with Crippen LogP contribution in [0.5, 0.6) is 5.75 Å². The number of halogens is 2. The molecule has 0 aliphatic heterocycles. The zero-order valence-corrected chi connectivity index (χ0v) is 12.2. The van der Waals surface area contributed by atoms with Gasteiger partial charge >= 0.3 is 0 Å². The zero-order chi connectivity index (χ0) is 15.6. The van der Waals surface area contributed by atoms with E-state index in [1.165, 1.54) is 24.3 Å². The Morgan fingerprint density at radius 1 is 1.14 bits per heavy atom. The number of phenols is 1. The molecule has 21 heavy (non-hydrogen) atoms. The number of phenolic OH excluding ortho intramolecular Hbond substituents is 1. The summed E-state index contributed by atoms with van der Waals surface area (Å²) in [6.45, 7) is 0. The topological polar surface area (TPSA) is 71.4 Å². The van der Waals surface area contributed by atoms with Gasteiger partial charge in [0.1, 0.15) is 17.3 Å². The second kappa shape index (κ2) is 5.83. The van der Waals surface area contributed by atoms with Crippen LogP contribution in [0, 0.1) is 5.82 Å². The molecule has 2 aromatic carbocycles. The molecule has 0 atom stereocenters. The maximum absolute atomic E-state index is 13.1. The summed E-state index contributed by atoms with van der Waals surface area (Å²) in [5, 5.41) is 9.87. The summed E-state index contributed by atoms with van der Waals surface area (Å²) in [6, 6.07) is 8.09. The maximum atomic E-state index is 13.1. The maximum Gasteiger partial charge on any atom is 0.185 e. The number of benzene rings is 2. The number of hydrogen-bond acceptors (Lipinski definition) is 4. The predicted octanol–water partition coefficient (Wildman–Crippen LogP) is 2.84.